The summed E-state index contributed by atoms with van der Waals surface area (Å²) in [6, 6.07) is 23.4. The zero-order chi connectivity index (χ0) is 22.4. The minimum Gasteiger partial charge on any atom is -0.456 e. The molecule has 3 heterocycles. The van der Waals surface area contributed by atoms with Crippen molar-refractivity contribution in [2.24, 2.45) is 0 Å². The molecule has 0 radical (unpaired) electrons. The summed E-state index contributed by atoms with van der Waals surface area (Å²) in [5.74, 6) is 1.17. The molecular formula is C27H20N4O2. The monoisotopic (exact) mass is 432 g/mol. The topological polar surface area (TPSA) is 85.9 Å². The summed E-state index contributed by atoms with van der Waals surface area (Å²) >= 11 is 0. The Morgan fingerprint density at radius 1 is 1.06 bits per heavy atom. The van der Waals surface area contributed by atoms with Crippen LogP contribution in [-0.2, 0) is 11.2 Å². The Morgan fingerprint density at radius 3 is 2.67 bits per heavy atom. The highest BCUT2D eigenvalue weighted by Crippen LogP contribution is 2.31. The largest absolute Gasteiger partial charge is 0.456 e. The number of benzene rings is 3. The summed E-state index contributed by atoms with van der Waals surface area (Å²) in [5.41, 5.74) is 5.29. The summed E-state index contributed by atoms with van der Waals surface area (Å²) in [5, 5.41) is 11.1. The number of likely N-dealkylation sites (tertiary alicyclic amines) is 1. The second-order valence-corrected chi connectivity index (χ2v) is 8.48. The first kappa shape index (κ1) is 19.3. The van der Waals surface area contributed by atoms with Gasteiger partial charge in [0.05, 0.1) is 18.1 Å². The molecule has 2 aromatic heterocycles. The van der Waals surface area contributed by atoms with E-state index in [2.05, 4.69) is 22.1 Å². The number of nitrogens with one attached hydrogen (secondary N) is 1. The number of furan rings is 1. The van der Waals surface area contributed by atoms with Crippen molar-refractivity contribution in [3.05, 3.63) is 89.7 Å². The molecule has 1 fully saturated rings. The van der Waals surface area contributed by atoms with E-state index in [4.69, 9.17) is 9.68 Å². The highest BCUT2D eigenvalue weighted by Gasteiger charge is 2.32. The average molecular weight is 432 g/mol. The maximum Gasteiger partial charge on any atom is 0.227 e. The summed E-state index contributed by atoms with van der Waals surface area (Å²) in [6.45, 7) is 1.37. The van der Waals surface area contributed by atoms with Gasteiger partial charge in [-0.1, -0.05) is 24.3 Å². The van der Waals surface area contributed by atoms with Gasteiger partial charge in [0.25, 0.3) is 0 Å². The Kier molecular flexibility index (Phi) is 4.48. The van der Waals surface area contributed by atoms with Crippen LogP contribution in [0.15, 0.2) is 77.3 Å². The van der Waals surface area contributed by atoms with Crippen LogP contribution >= 0.6 is 0 Å². The van der Waals surface area contributed by atoms with Crippen LogP contribution in [0.25, 0.3) is 33.3 Å². The van der Waals surface area contributed by atoms with E-state index in [1.54, 1.807) is 12.1 Å². The lowest BCUT2D eigenvalue weighted by Gasteiger charge is -2.38. The number of nitriles is 1. The fourth-order valence-corrected chi connectivity index (χ4v) is 4.44. The Bertz CT molecular complexity index is 1530. The van der Waals surface area contributed by atoms with E-state index in [1.807, 2.05) is 59.6 Å². The van der Waals surface area contributed by atoms with Gasteiger partial charge >= 0.3 is 0 Å². The molecule has 1 N–H and O–H groups in total. The number of hydrogen-bond acceptors (Lipinski definition) is 4. The first-order valence-electron chi connectivity index (χ1n) is 10.9. The lowest BCUT2D eigenvalue weighted by atomic mass is 9.96. The third kappa shape index (κ3) is 3.44. The molecule has 33 heavy (non-hydrogen) atoms. The van der Waals surface area contributed by atoms with Gasteiger partial charge in [-0.25, -0.2) is 4.98 Å². The molecule has 0 unspecified atom stereocenters. The number of aromatic amines is 1. The van der Waals surface area contributed by atoms with Crippen LogP contribution in [0.2, 0.25) is 0 Å². The lowest BCUT2D eigenvalue weighted by Crippen LogP contribution is -2.49. The average Bonchev–Trinajstić information content (AvgIpc) is 3.43. The van der Waals surface area contributed by atoms with Gasteiger partial charge < -0.3 is 14.3 Å². The molecule has 0 bridgehead atoms. The standard InChI is InChI=1S/C27H20N4O2/c28-13-17-5-8-19(9-6-17)27-29-14-23(30-27)20-15-31(16-20)26(32)12-18-7-10-25-22(11-18)21-3-1-2-4-24(21)33-25/h1-11,14,20H,12,15-16H2,(H,29,30). The van der Waals surface area contributed by atoms with Gasteiger partial charge in [-0.3, -0.25) is 4.79 Å². The van der Waals surface area contributed by atoms with Crippen LogP contribution in [0.3, 0.4) is 0 Å². The number of hydrogen-bond donors (Lipinski definition) is 1. The zero-order valence-electron chi connectivity index (χ0n) is 17.8. The third-order valence-electron chi connectivity index (χ3n) is 6.35. The van der Waals surface area contributed by atoms with Crippen molar-refractivity contribution in [2.75, 3.05) is 13.1 Å². The van der Waals surface area contributed by atoms with Crippen molar-refractivity contribution >= 4 is 27.8 Å². The number of amides is 1. The summed E-state index contributed by atoms with van der Waals surface area (Å²) in [4.78, 5) is 22.6. The minimum absolute atomic E-state index is 0.130. The van der Waals surface area contributed by atoms with E-state index in [0.717, 1.165) is 44.6 Å². The maximum atomic E-state index is 12.8. The molecule has 1 saturated heterocycles. The van der Waals surface area contributed by atoms with Crippen molar-refractivity contribution in [1.29, 1.82) is 5.26 Å². The van der Waals surface area contributed by atoms with Crippen molar-refractivity contribution in [2.45, 2.75) is 12.3 Å². The molecule has 0 atom stereocenters. The van der Waals surface area contributed by atoms with Gasteiger partial charge in [-0.05, 0) is 48.0 Å². The number of aromatic nitrogens is 2. The van der Waals surface area contributed by atoms with Crippen LogP contribution in [-0.4, -0.2) is 33.9 Å². The van der Waals surface area contributed by atoms with E-state index >= 15 is 0 Å². The number of rotatable bonds is 4. The minimum atomic E-state index is 0.130. The fourth-order valence-electron chi connectivity index (χ4n) is 4.44. The summed E-state index contributed by atoms with van der Waals surface area (Å²) < 4.78 is 5.88. The van der Waals surface area contributed by atoms with Gasteiger partial charge in [0.2, 0.25) is 5.91 Å². The van der Waals surface area contributed by atoms with E-state index in [-0.39, 0.29) is 11.8 Å². The molecule has 0 saturated carbocycles. The number of para-hydroxylation sites is 1. The first-order valence-corrected chi connectivity index (χ1v) is 10.9. The number of carbonyl (C=O) groups excluding carboxylic acids is 1. The highest BCUT2D eigenvalue weighted by molar-refractivity contribution is 6.05. The highest BCUT2D eigenvalue weighted by atomic mass is 16.3. The molecule has 3 aromatic carbocycles. The third-order valence-corrected chi connectivity index (χ3v) is 6.35. The predicted octanol–water partition coefficient (Wildman–Crippen LogP) is 5.02. The van der Waals surface area contributed by atoms with Gasteiger partial charge in [0.1, 0.15) is 17.0 Å². The smallest absolute Gasteiger partial charge is 0.227 e. The molecule has 6 nitrogen and oxygen atoms in total. The molecule has 6 rings (SSSR count). The number of fused-ring (bicyclic) bond motifs is 3. The zero-order valence-corrected chi connectivity index (χ0v) is 17.8. The second-order valence-electron chi connectivity index (χ2n) is 8.48. The first-order chi connectivity index (χ1) is 16.2. The molecule has 5 aromatic rings. The van der Waals surface area contributed by atoms with Crippen molar-refractivity contribution in [3.63, 3.8) is 0 Å². The summed E-state index contributed by atoms with van der Waals surface area (Å²) in [6.07, 6.45) is 2.22. The molecule has 1 amide bonds. The van der Waals surface area contributed by atoms with Crippen molar-refractivity contribution in [3.8, 4) is 17.5 Å². The SMILES string of the molecule is N#Cc1ccc(-c2ncc(C3CN(C(=O)Cc4ccc5oc6ccccc6c5c4)C3)[nH]2)cc1. The normalized spacial score (nSPS) is 13.8. The van der Waals surface area contributed by atoms with Gasteiger partial charge in [-0.15, -0.1) is 0 Å². The number of nitrogens with zero attached hydrogens (tertiary/aromatic N) is 3. The van der Waals surface area contributed by atoms with Crippen LogP contribution in [0.1, 0.15) is 22.7 Å². The molecule has 160 valence electrons. The summed E-state index contributed by atoms with van der Waals surface area (Å²) in [7, 11) is 0. The molecular weight excluding hydrogens is 412 g/mol. The predicted molar refractivity (Wildman–Crippen MR) is 125 cm³/mol. The molecule has 0 aliphatic carbocycles. The van der Waals surface area contributed by atoms with Crippen LogP contribution in [0, 0.1) is 11.3 Å². The number of imidazole rings is 1. The Hall–Kier alpha value is -4.37. The lowest BCUT2D eigenvalue weighted by molar-refractivity contribution is -0.134. The Balaban J connectivity index is 1.12. The van der Waals surface area contributed by atoms with E-state index < -0.39 is 0 Å². The molecule has 1 aliphatic rings. The quantitative estimate of drug-likeness (QED) is 0.432. The van der Waals surface area contributed by atoms with Crippen molar-refractivity contribution in [1.82, 2.24) is 14.9 Å². The Morgan fingerprint density at radius 2 is 1.85 bits per heavy atom. The van der Waals surface area contributed by atoms with Crippen molar-refractivity contribution < 1.29 is 9.21 Å². The van der Waals surface area contributed by atoms with Crippen LogP contribution in [0.4, 0.5) is 0 Å². The van der Waals surface area contributed by atoms with Crippen LogP contribution < -0.4 is 0 Å². The number of H-pyrrole nitrogens is 1. The van der Waals surface area contributed by atoms with E-state index in [9.17, 15) is 4.79 Å². The van der Waals surface area contributed by atoms with Crippen LogP contribution in [0.5, 0.6) is 0 Å². The fraction of sp³-hybridized carbons (Fsp3) is 0.148. The number of carbonyl (C=O) groups is 1. The van der Waals surface area contributed by atoms with Gasteiger partial charge in [0, 0.05) is 47.2 Å². The maximum absolute atomic E-state index is 12.8. The Labute approximate surface area is 190 Å². The van der Waals surface area contributed by atoms with E-state index in [0.29, 0.717) is 25.1 Å². The van der Waals surface area contributed by atoms with E-state index in [1.165, 1.54) is 0 Å². The van der Waals surface area contributed by atoms with Gasteiger partial charge in [0.15, 0.2) is 0 Å². The molecule has 6 heteroatoms. The second kappa shape index (κ2) is 7.64. The molecule has 0 spiro atoms. The molecule has 1 aliphatic heterocycles. The van der Waals surface area contributed by atoms with Gasteiger partial charge in [-0.2, -0.15) is 5.26 Å².